The highest BCUT2D eigenvalue weighted by Gasteiger charge is 2.36. The van der Waals surface area contributed by atoms with Gasteiger partial charge >= 0.3 is 6.18 Å². The first kappa shape index (κ1) is 20.2. The molecule has 0 spiro atoms. The smallest absolute Gasteiger partial charge is 0.303 e. The maximum atomic E-state index is 13.5. The van der Waals surface area contributed by atoms with Crippen molar-refractivity contribution in [3.8, 4) is 16.6 Å². The lowest BCUT2D eigenvalue weighted by molar-refractivity contribution is -0.138. The highest BCUT2D eigenvalue weighted by molar-refractivity contribution is 7.99. The van der Waals surface area contributed by atoms with Gasteiger partial charge < -0.3 is 4.90 Å². The van der Waals surface area contributed by atoms with Crippen molar-refractivity contribution in [1.82, 2.24) is 9.88 Å². The van der Waals surface area contributed by atoms with Gasteiger partial charge in [-0.05, 0) is 43.4 Å². The van der Waals surface area contributed by atoms with Crippen LogP contribution < -0.4 is 0 Å². The SMILES string of the molecule is N#Cc1c(C(F)(F)F)cc(-c2cccs2)nc1SCCN1CCCCCC1. The van der Waals surface area contributed by atoms with Crippen molar-refractivity contribution in [2.24, 2.45) is 0 Å². The molecule has 144 valence electrons. The maximum Gasteiger partial charge on any atom is 0.417 e. The van der Waals surface area contributed by atoms with Gasteiger partial charge in [0.25, 0.3) is 0 Å². The molecule has 0 aliphatic carbocycles. The van der Waals surface area contributed by atoms with E-state index in [2.05, 4.69) is 9.88 Å². The standard InChI is InChI=1S/C19H20F3N3S2/c20-19(21,22)15-12-16(17-6-5-10-26-17)24-18(14(15)13-23)27-11-9-25-7-3-1-2-4-8-25/h5-6,10,12H,1-4,7-9,11H2. The van der Waals surface area contributed by atoms with E-state index in [1.54, 1.807) is 23.6 Å². The van der Waals surface area contributed by atoms with E-state index in [9.17, 15) is 18.4 Å². The van der Waals surface area contributed by atoms with E-state index in [0.29, 0.717) is 10.6 Å². The number of thiophene rings is 1. The molecule has 0 aromatic carbocycles. The Morgan fingerprint density at radius 2 is 1.96 bits per heavy atom. The first-order chi connectivity index (χ1) is 13.0. The summed E-state index contributed by atoms with van der Waals surface area (Å²) < 4.78 is 40.5. The van der Waals surface area contributed by atoms with E-state index in [0.717, 1.165) is 25.7 Å². The zero-order valence-corrected chi connectivity index (χ0v) is 16.4. The van der Waals surface area contributed by atoms with E-state index in [-0.39, 0.29) is 16.3 Å². The Morgan fingerprint density at radius 3 is 2.56 bits per heavy atom. The molecule has 3 rings (SSSR count). The molecule has 0 atom stereocenters. The average molecular weight is 412 g/mol. The lowest BCUT2D eigenvalue weighted by atomic mass is 10.1. The Balaban J connectivity index is 1.84. The van der Waals surface area contributed by atoms with Crippen molar-refractivity contribution >= 4 is 23.1 Å². The lowest BCUT2D eigenvalue weighted by Gasteiger charge is -2.19. The summed E-state index contributed by atoms with van der Waals surface area (Å²) in [7, 11) is 0. The van der Waals surface area contributed by atoms with Crippen LogP contribution in [-0.4, -0.2) is 35.3 Å². The molecule has 2 aromatic rings. The van der Waals surface area contributed by atoms with E-state index in [4.69, 9.17) is 0 Å². The summed E-state index contributed by atoms with van der Waals surface area (Å²) in [6, 6.07) is 6.24. The summed E-state index contributed by atoms with van der Waals surface area (Å²) in [6.07, 6.45) is 0.222. The van der Waals surface area contributed by atoms with E-state index in [1.165, 1.54) is 48.8 Å². The number of hydrogen-bond acceptors (Lipinski definition) is 5. The van der Waals surface area contributed by atoms with Crippen LogP contribution in [0.15, 0.2) is 28.6 Å². The maximum absolute atomic E-state index is 13.5. The number of alkyl halides is 3. The molecule has 0 radical (unpaired) electrons. The molecule has 1 aliphatic rings. The molecule has 8 heteroatoms. The first-order valence-corrected chi connectivity index (χ1v) is 10.8. The molecular formula is C19H20F3N3S2. The van der Waals surface area contributed by atoms with Crippen LogP contribution in [0.5, 0.6) is 0 Å². The summed E-state index contributed by atoms with van der Waals surface area (Å²) in [4.78, 5) is 7.41. The minimum Gasteiger partial charge on any atom is -0.303 e. The van der Waals surface area contributed by atoms with Crippen LogP contribution in [0.25, 0.3) is 10.6 Å². The minimum absolute atomic E-state index is 0.172. The quantitative estimate of drug-likeness (QED) is 0.595. The minimum atomic E-state index is -4.58. The Kier molecular flexibility index (Phi) is 6.79. The fourth-order valence-corrected chi connectivity index (χ4v) is 4.83. The number of likely N-dealkylation sites (tertiary alicyclic amines) is 1. The lowest BCUT2D eigenvalue weighted by Crippen LogP contribution is -2.27. The Hall–Kier alpha value is -1.56. The van der Waals surface area contributed by atoms with Crippen molar-refractivity contribution in [2.45, 2.75) is 36.9 Å². The summed E-state index contributed by atoms with van der Waals surface area (Å²) in [5.41, 5.74) is -1.00. The second kappa shape index (κ2) is 9.09. The van der Waals surface area contributed by atoms with Crippen LogP contribution in [0.4, 0.5) is 13.2 Å². The van der Waals surface area contributed by atoms with Gasteiger partial charge in [0.2, 0.25) is 0 Å². The topological polar surface area (TPSA) is 39.9 Å². The Morgan fingerprint density at radius 1 is 1.22 bits per heavy atom. The molecule has 0 unspecified atom stereocenters. The van der Waals surface area contributed by atoms with Gasteiger partial charge in [-0.1, -0.05) is 18.9 Å². The zero-order valence-electron chi connectivity index (χ0n) is 14.8. The number of aromatic nitrogens is 1. The van der Waals surface area contributed by atoms with Gasteiger partial charge in [-0.15, -0.1) is 23.1 Å². The van der Waals surface area contributed by atoms with Gasteiger partial charge in [0.15, 0.2) is 0 Å². The number of halogens is 3. The molecule has 1 saturated heterocycles. The molecule has 3 heterocycles. The van der Waals surface area contributed by atoms with E-state index in [1.807, 2.05) is 0 Å². The number of pyridine rings is 1. The van der Waals surface area contributed by atoms with E-state index < -0.39 is 11.7 Å². The monoisotopic (exact) mass is 411 g/mol. The van der Waals surface area contributed by atoms with Crippen molar-refractivity contribution in [2.75, 3.05) is 25.4 Å². The second-order valence-corrected chi connectivity index (χ2v) is 8.46. The Labute approximate surface area is 165 Å². The van der Waals surface area contributed by atoms with Gasteiger partial charge in [-0.2, -0.15) is 18.4 Å². The molecule has 1 fully saturated rings. The predicted molar refractivity (Wildman–Crippen MR) is 103 cm³/mol. The molecule has 0 saturated carbocycles. The molecule has 0 N–H and O–H groups in total. The number of rotatable bonds is 5. The van der Waals surface area contributed by atoms with Gasteiger partial charge in [0.05, 0.1) is 21.7 Å². The fourth-order valence-electron chi connectivity index (χ4n) is 3.14. The molecule has 0 amide bonds. The number of nitriles is 1. The summed E-state index contributed by atoms with van der Waals surface area (Å²) >= 11 is 2.58. The zero-order chi connectivity index (χ0) is 19.3. The van der Waals surface area contributed by atoms with E-state index >= 15 is 0 Å². The van der Waals surface area contributed by atoms with Crippen LogP contribution in [0.1, 0.15) is 36.8 Å². The predicted octanol–water partition coefficient (Wildman–Crippen LogP) is 5.67. The molecule has 2 aromatic heterocycles. The summed E-state index contributed by atoms with van der Waals surface area (Å²) in [5, 5.41) is 11.3. The number of hydrogen-bond donors (Lipinski definition) is 0. The van der Waals surface area contributed by atoms with Crippen LogP contribution in [0, 0.1) is 11.3 Å². The number of nitrogens with zero attached hydrogens (tertiary/aromatic N) is 3. The summed E-state index contributed by atoms with van der Waals surface area (Å²) in [6.45, 7) is 2.85. The van der Waals surface area contributed by atoms with Gasteiger partial charge in [0, 0.05) is 12.3 Å². The van der Waals surface area contributed by atoms with Crippen LogP contribution in [-0.2, 0) is 6.18 Å². The highest BCUT2D eigenvalue weighted by atomic mass is 32.2. The molecule has 27 heavy (non-hydrogen) atoms. The van der Waals surface area contributed by atoms with Crippen LogP contribution >= 0.6 is 23.1 Å². The first-order valence-electron chi connectivity index (χ1n) is 8.90. The van der Waals surface area contributed by atoms with Crippen molar-refractivity contribution in [3.63, 3.8) is 0 Å². The highest BCUT2D eigenvalue weighted by Crippen LogP contribution is 2.38. The van der Waals surface area contributed by atoms with Gasteiger partial charge in [-0.3, -0.25) is 0 Å². The molecular weight excluding hydrogens is 391 g/mol. The van der Waals surface area contributed by atoms with Crippen molar-refractivity contribution in [1.29, 1.82) is 5.26 Å². The third kappa shape index (κ3) is 5.24. The van der Waals surface area contributed by atoms with Crippen molar-refractivity contribution < 1.29 is 13.2 Å². The normalized spacial score (nSPS) is 16.1. The van der Waals surface area contributed by atoms with Crippen LogP contribution in [0.3, 0.4) is 0 Å². The third-order valence-electron chi connectivity index (χ3n) is 4.52. The molecule has 1 aliphatic heterocycles. The molecule has 3 nitrogen and oxygen atoms in total. The molecule has 0 bridgehead atoms. The Bertz CT molecular complexity index is 790. The fraction of sp³-hybridized carbons (Fsp3) is 0.474. The average Bonchev–Trinajstić information content (AvgIpc) is 3.05. The van der Waals surface area contributed by atoms with Crippen LogP contribution in [0.2, 0.25) is 0 Å². The summed E-state index contributed by atoms with van der Waals surface area (Å²) in [5.74, 6) is 0.618. The number of thioether (sulfide) groups is 1. The second-order valence-electron chi connectivity index (χ2n) is 6.43. The van der Waals surface area contributed by atoms with Crippen molar-refractivity contribution in [3.05, 3.63) is 34.7 Å². The third-order valence-corrected chi connectivity index (χ3v) is 6.37. The van der Waals surface area contributed by atoms with Gasteiger partial charge in [-0.25, -0.2) is 4.98 Å². The largest absolute Gasteiger partial charge is 0.417 e. The van der Waals surface area contributed by atoms with Gasteiger partial charge in [0.1, 0.15) is 11.1 Å².